The van der Waals surface area contributed by atoms with Gasteiger partial charge in [-0.3, -0.25) is 9.59 Å². The van der Waals surface area contributed by atoms with Crippen LogP contribution in [-0.2, 0) is 19.1 Å². The fourth-order valence-corrected chi connectivity index (χ4v) is 1.02. The summed E-state index contributed by atoms with van der Waals surface area (Å²) < 4.78 is 9.96. The molecule has 94 valence electrons. The smallest absolute Gasteiger partial charge is 0.306 e. The summed E-state index contributed by atoms with van der Waals surface area (Å²) in [6.07, 6.45) is 0.460. The van der Waals surface area contributed by atoms with Crippen LogP contribution in [0.3, 0.4) is 0 Å². The normalized spacial score (nSPS) is 10.2. The maximum Gasteiger partial charge on any atom is 0.306 e. The lowest BCUT2D eigenvalue weighted by atomic mass is 10.3. The molecule has 1 N–H and O–H groups in total. The molecule has 0 fully saturated rings. The minimum Gasteiger partial charge on any atom is -0.466 e. The minimum atomic E-state index is -0.337. The van der Waals surface area contributed by atoms with Gasteiger partial charge in [-0.25, -0.2) is 0 Å². The highest BCUT2D eigenvalue weighted by molar-refractivity contribution is 5.81. The Morgan fingerprint density at radius 2 is 1.94 bits per heavy atom. The van der Waals surface area contributed by atoms with Crippen LogP contribution < -0.4 is 5.32 Å². The van der Waals surface area contributed by atoms with Crippen LogP contribution in [0.1, 0.15) is 33.6 Å². The van der Waals surface area contributed by atoms with Crippen molar-refractivity contribution < 1.29 is 19.1 Å². The molecule has 0 aromatic rings. The number of nitrogens with one attached hydrogen (secondary N) is 1. The van der Waals surface area contributed by atoms with E-state index in [1.54, 1.807) is 6.92 Å². The van der Waals surface area contributed by atoms with Gasteiger partial charge in [0.15, 0.2) is 0 Å². The van der Waals surface area contributed by atoms with Crippen molar-refractivity contribution in [1.82, 2.24) is 5.32 Å². The summed E-state index contributed by atoms with van der Waals surface area (Å²) in [5, 5.41) is 2.66. The summed E-state index contributed by atoms with van der Waals surface area (Å²) >= 11 is 0. The van der Waals surface area contributed by atoms with Gasteiger partial charge in [-0.15, -0.1) is 0 Å². The molecule has 0 bridgehead atoms. The summed E-state index contributed by atoms with van der Waals surface area (Å²) in [6.45, 7) is 6.91. The number of carbonyl (C=O) groups is 2. The number of amides is 1. The average molecular weight is 231 g/mol. The molecule has 0 saturated heterocycles. The van der Waals surface area contributed by atoms with Crippen LogP contribution in [0.4, 0.5) is 0 Å². The Kier molecular flexibility index (Phi) is 8.52. The molecular weight excluding hydrogens is 210 g/mol. The van der Waals surface area contributed by atoms with Gasteiger partial charge >= 0.3 is 5.97 Å². The molecule has 0 saturated carbocycles. The van der Waals surface area contributed by atoms with Gasteiger partial charge in [-0.05, 0) is 20.8 Å². The quantitative estimate of drug-likeness (QED) is 0.497. The van der Waals surface area contributed by atoms with E-state index in [1.165, 1.54) is 0 Å². The molecular formula is C11H21NO4. The van der Waals surface area contributed by atoms with E-state index in [2.05, 4.69) is 5.32 Å². The van der Waals surface area contributed by atoms with Crippen LogP contribution in [0, 0.1) is 0 Å². The van der Waals surface area contributed by atoms with Gasteiger partial charge in [-0.1, -0.05) is 0 Å². The van der Waals surface area contributed by atoms with Gasteiger partial charge in [-0.2, -0.15) is 0 Å². The van der Waals surface area contributed by atoms with E-state index in [0.717, 1.165) is 0 Å². The first-order chi connectivity index (χ1) is 7.56. The molecule has 5 heteroatoms. The number of ether oxygens (including phenoxy) is 2. The van der Waals surface area contributed by atoms with Crippen molar-refractivity contribution in [2.45, 2.75) is 39.7 Å². The highest BCUT2D eigenvalue weighted by Crippen LogP contribution is 1.93. The lowest BCUT2D eigenvalue weighted by Crippen LogP contribution is -2.28. The topological polar surface area (TPSA) is 64.6 Å². The van der Waals surface area contributed by atoms with Gasteiger partial charge in [0.1, 0.15) is 0 Å². The van der Waals surface area contributed by atoms with Crippen molar-refractivity contribution in [3.8, 4) is 0 Å². The van der Waals surface area contributed by atoms with Gasteiger partial charge in [0.25, 0.3) is 0 Å². The maximum atomic E-state index is 11.2. The fraction of sp³-hybridized carbons (Fsp3) is 0.818. The van der Waals surface area contributed by atoms with Crippen LogP contribution in [-0.4, -0.2) is 37.7 Å². The Morgan fingerprint density at radius 3 is 2.50 bits per heavy atom. The van der Waals surface area contributed by atoms with Crippen molar-refractivity contribution >= 4 is 11.9 Å². The van der Waals surface area contributed by atoms with Gasteiger partial charge in [0, 0.05) is 13.0 Å². The Hall–Kier alpha value is -1.10. The molecule has 0 radical (unpaired) electrons. The van der Waals surface area contributed by atoms with Gasteiger partial charge in [0.2, 0.25) is 5.91 Å². The number of rotatable bonds is 8. The molecule has 0 rings (SSSR count). The van der Waals surface area contributed by atoms with Gasteiger partial charge < -0.3 is 14.8 Å². The zero-order chi connectivity index (χ0) is 12.4. The van der Waals surface area contributed by atoms with Crippen molar-refractivity contribution in [3.63, 3.8) is 0 Å². The zero-order valence-electron chi connectivity index (χ0n) is 10.2. The third kappa shape index (κ3) is 9.45. The van der Waals surface area contributed by atoms with E-state index in [9.17, 15) is 9.59 Å². The van der Waals surface area contributed by atoms with E-state index in [-0.39, 0.29) is 30.8 Å². The lowest BCUT2D eigenvalue weighted by molar-refractivity contribution is -0.144. The van der Waals surface area contributed by atoms with Crippen LogP contribution in [0.15, 0.2) is 0 Å². The molecule has 0 aliphatic rings. The standard InChI is InChI=1S/C11H21NO4/c1-4-15-11(14)6-5-10(13)12-7-8-16-9(2)3/h9H,4-8H2,1-3H3,(H,12,13). The van der Waals surface area contributed by atoms with Gasteiger partial charge in [0.05, 0.1) is 25.7 Å². The van der Waals surface area contributed by atoms with Crippen molar-refractivity contribution in [2.24, 2.45) is 0 Å². The summed E-state index contributed by atoms with van der Waals surface area (Å²) in [6, 6.07) is 0. The average Bonchev–Trinajstić information content (AvgIpc) is 2.22. The van der Waals surface area contributed by atoms with Crippen molar-refractivity contribution in [3.05, 3.63) is 0 Å². The number of hydrogen-bond acceptors (Lipinski definition) is 4. The Labute approximate surface area is 96.5 Å². The van der Waals surface area contributed by atoms with E-state index < -0.39 is 0 Å². The van der Waals surface area contributed by atoms with E-state index in [1.807, 2.05) is 13.8 Å². The van der Waals surface area contributed by atoms with Crippen molar-refractivity contribution in [1.29, 1.82) is 0 Å². The number of hydrogen-bond donors (Lipinski definition) is 1. The SMILES string of the molecule is CCOC(=O)CCC(=O)NCCOC(C)C. The molecule has 1 amide bonds. The predicted molar refractivity (Wildman–Crippen MR) is 60.0 cm³/mol. The second kappa shape index (κ2) is 9.15. The number of esters is 1. The fourth-order valence-electron chi connectivity index (χ4n) is 1.02. The van der Waals surface area contributed by atoms with Crippen LogP contribution >= 0.6 is 0 Å². The second-order valence-corrected chi connectivity index (χ2v) is 3.57. The van der Waals surface area contributed by atoms with E-state index in [4.69, 9.17) is 9.47 Å². The monoisotopic (exact) mass is 231 g/mol. The van der Waals surface area contributed by atoms with E-state index >= 15 is 0 Å². The molecule has 0 aromatic carbocycles. The van der Waals surface area contributed by atoms with Crippen LogP contribution in [0.25, 0.3) is 0 Å². The first-order valence-corrected chi connectivity index (χ1v) is 5.60. The Bertz CT molecular complexity index is 216. The molecule has 16 heavy (non-hydrogen) atoms. The molecule has 0 aliphatic heterocycles. The highest BCUT2D eigenvalue weighted by atomic mass is 16.5. The molecule has 0 aromatic heterocycles. The maximum absolute atomic E-state index is 11.2. The molecule has 0 aliphatic carbocycles. The molecule has 0 atom stereocenters. The zero-order valence-corrected chi connectivity index (χ0v) is 10.2. The van der Waals surface area contributed by atoms with Crippen LogP contribution in [0.2, 0.25) is 0 Å². The first-order valence-electron chi connectivity index (χ1n) is 5.60. The Balaban J connectivity index is 3.41. The first kappa shape index (κ1) is 14.9. The lowest BCUT2D eigenvalue weighted by Gasteiger charge is -2.08. The molecule has 0 heterocycles. The van der Waals surface area contributed by atoms with Crippen LogP contribution in [0.5, 0.6) is 0 Å². The summed E-state index contributed by atoms with van der Waals surface area (Å²) in [5.41, 5.74) is 0. The minimum absolute atomic E-state index is 0.130. The van der Waals surface area contributed by atoms with E-state index in [0.29, 0.717) is 19.8 Å². The summed E-state index contributed by atoms with van der Waals surface area (Å²) in [7, 11) is 0. The summed E-state index contributed by atoms with van der Waals surface area (Å²) in [5.74, 6) is -0.489. The number of carbonyl (C=O) groups excluding carboxylic acids is 2. The third-order valence-corrected chi connectivity index (χ3v) is 1.74. The third-order valence-electron chi connectivity index (χ3n) is 1.74. The Morgan fingerprint density at radius 1 is 1.25 bits per heavy atom. The summed E-state index contributed by atoms with van der Waals surface area (Å²) in [4.78, 5) is 22.2. The molecule has 0 spiro atoms. The molecule has 0 unspecified atom stereocenters. The highest BCUT2D eigenvalue weighted by Gasteiger charge is 2.06. The largest absolute Gasteiger partial charge is 0.466 e. The molecule has 5 nitrogen and oxygen atoms in total. The predicted octanol–water partition coefficient (Wildman–Crippen LogP) is 0.871. The van der Waals surface area contributed by atoms with Crippen molar-refractivity contribution in [2.75, 3.05) is 19.8 Å². The second-order valence-electron chi connectivity index (χ2n) is 3.57.